The molecule has 4 nitrogen and oxygen atoms in total. The molecule has 56 heavy (non-hydrogen) atoms. The van der Waals surface area contributed by atoms with Crippen LogP contribution in [0.1, 0.15) is 0 Å². The number of para-hydroxylation sites is 2. The molecule has 0 radical (unpaired) electrons. The van der Waals surface area contributed by atoms with Crippen LogP contribution >= 0.6 is 11.3 Å². The summed E-state index contributed by atoms with van der Waals surface area (Å²) in [7, 11) is 0. The lowest BCUT2D eigenvalue weighted by Crippen LogP contribution is -2.01. The van der Waals surface area contributed by atoms with Crippen LogP contribution in [0.15, 0.2) is 194 Å². The Balaban J connectivity index is 1.11. The fraction of sp³-hybridized carbons (Fsp3) is 0. The first-order chi connectivity index (χ1) is 27.7. The summed E-state index contributed by atoms with van der Waals surface area (Å²) in [6.07, 6.45) is 0. The number of rotatable bonds is 6. The second-order valence-corrected chi connectivity index (χ2v) is 15.1. The van der Waals surface area contributed by atoms with Crippen molar-refractivity contribution in [3.8, 4) is 62.1 Å². The number of thiophene rings is 1. The summed E-state index contributed by atoms with van der Waals surface area (Å²) in [4.78, 5) is 15.8. The second-order valence-electron chi connectivity index (χ2n) is 14.0. The summed E-state index contributed by atoms with van der Waals surface area (Å²) < 4.78 is 4.79. The van der Waals surface area contributed by atoms with Crippen LogP contribution in [0, 0.1) is 0 Å². The number of hydrogen-bond donors (Lipinski definition) is 0. The molecule has 0 atom stereocenters. The Morgan fingerprint density at radius 1 is 0.339 bits per heavy atom. The molecule has 0 fully saturated rings. The highest BCUT2D eigenvalue weighted by Crippen LogP contribution is 2.40. The predicted molar refractivity (Wildman–Crippen MR) is 234 cm³/mol. The minimum Gasteiger partial charge on any atom is -0.309 e. The number of hydrogen-bond acceptors (Lipinski definition) is 4. The summed E-state index contributed by atoms with van der Waals surface area (Å²) in [5, 5.41) is 4.77. The summed E-state index contributed by atoms with van der Waals surface area (Å²) in [6, 6.07) is 68.6. The van der Waals surface area contributed by atoms with Crippen LogP contribution in [-0.4, -0.2) is 19.5 Å². The number of fused-ring (bicyclic) bond motifs is 6. The maximum Gasteiger partial charge on any atom is 0.164 e. The minimum absolute atomic E-state index is 0.630. The van der Waals surface area contributed by atoms with Gasteiger partial charge in [-0.25, -0.2) is 15.0 Å². The van der Waals surface area contributed by atoms with Crippen molar-refractivity contribution in [1.29, 1.82) is 0 Å². The summed E-state index contributed by atoms with van der Waals surface area (Å²) >= 11 is 1.80. The highest BCUT2D eigenvalue weighted by Gasteiger charge is 2.19. The van der Waals surface area contributed by atoms with Gasteiger partial charge in [0.15, 0.2) is 17.5 Å². The van der Waals surface area contributed by atoms with Crippen molar-refractivity contribution in [2.24, 2.45) is 0 Å². The first-order valence-electron chi connectivity index (χ1n) is 18.8. The quantitative estimate of drug-likeness (QED) is 0.171. The molecule has 3 aromatic heterocycles. The molecule has 5 heteroatoms. The van der Waals surface area contributed by atoms with Gasteiger partial charge in [0.25, 0.3) is 0 Å². The van der Waals surface area contributed by atoms with E-state index in [-0.39, 0.29) is 0 Å². The zero-order valence-electron chi connectivity index (χ0n) is 30.2. The molecule has 0 aliphatic rings. The maximum atomic E-state index is 5.29. The van der Waals surface area contributed by atoms with E-state index < -0.39 is 0 Å². The van der Waals surface area contributed by atoms with Gasteiger partial charge in [-0.1, -0.05) is 152 Å². The van der Waals surface area contributed by atoms with Gasteiger partial charge in [0.05, 0.1) is 11.0 Å². The van der Waals surface area contributed by atoms with E-state index in [0.717, 1.165) is 44.5 Å². The van der Waals surface area contributed by atoms with E-state index in [2.05, 4.69) is 193 Å². The molecular formula is C51H32N4S. The Morgan fingerprint density at radius 2 is 0.875 bits per heavy atom. The summed E-state index contributed by atoms with van der Waals surface area (Å²) in [5.41, 5.74) is 10.9. The molecule has 3 heterocycles. The van der Waals surface area contributed by atoms with E-state index in [1.54, 1.807) is 11.3 Å². The topological polar surface area (TPSA) is 43.6 Å². The first kappa shape index (κ1) is 32.2. The van der Waals surface area contributed by atoms with E-state index in [9.17, 15) is 0 Å². The zero-order chi connectivity index (χ0) is 37.0. The Labute approximate surface area is 327 Å². The van der Waals surface area contributed by atoms with Gasteiger partial charge in [-0.2, -0.15) is 0 Å². The lowest BCUT2D eigenvalue weighted by atomic mass is 9.99. The molecule has 0 N–H and O–H groups in total. The van der Waals surface area contributed by atoms with Gasteiger partial charge in [-0.3, -0.25) is 0 Å². The van der Waals surface area contributed by atoms with E-state index in [4.69, 9.17) is 15.0 Å². The molecule has 8 aromatic carbocycles. The van der Waals surface area contributed by atoms with E-state index in [0.29, 0.717) is 17.5 Å². The maximum absolute atomic E-state index is 5.29. The average molecular weight is 733 g/mol. The van der Waals surface area contributed by atoms with E-state index in [1.165, 1.54) is 42.1 Å². The van der Waals surface area contributed by atoms with Crippen molar-refractivity contribution in [3.63, 3.8) is 0 Å². The Kier molecular flexibility index (Phi) is 7.64. The smallest absolute Gasteiger partial charge is 0.164 e. The number of nitrogens with zero attached hydrogens (tertiary/aromatic N) is 4. The van der Waals surface area contributed by atoms with E-state index in [1.807, 2.05) is 6.07 Å². The molecule has 262 valence electrons. The van der Waals surface area contributed by atoms with Crippen molar-refractivity contribution in [1.82, 2.24) is 19.5 Å². The van der Waals surface area contributed by atoms with Crippen molar-refractivity contribution in [2.75, 3.05) is 0 Å². The van der Waals surface area contributed by atoms with E-state index >= 15 is 0 Å². The standard InChI is InChI=1S/C51H32N4S/c1-3-13-33(14-4-1)34-25-27-35(28-26-34)36-15-11-16-37(31-36)49-52-50(54-51(53-49)43-21-12-24-47-48(43)42-20-8-10-23-46(42)56-47)38-29-30-41-40-19-7-9-22-44(40)55(45(41)32-38)39-17-5-2-6-18-39/h1-32H. The van der Waals surface area contributed by atoms with Crippen molar-refractivity contribution < 1.29 is 0 Å². The highest BCUT2D eigenvalue weighted by atomic mass is 32.1. The third-order valence-electron chi connectivity index (χ3n) is 10.7. The lowest BCUT2D eigenvalue weighted by molar-refractivity contribution is 1.08. The lowest BCUT2D eigenvalue weighted by Gasteiger charge is -2.12. The number of benzene rings is 8. The Hall–Kier alpha value is -7.21. The minimum atomic E-state index is 0.630. The van der Waals surface area contributed by atoms with Crippen LogP contribution < -0.4 is 0 Å². The first-order valence-corrected chi connectivity index (χ1v) is 19.6. The van der Waals surface area contributed by atoms with Gasteiger partial charge in [0.2, 0.25) is 0 Å². The molecular weight excluding hydrogens is 701 g/mol. The molecule has 0 aliphatic carbocycles. The molecule has 0 aliphatic heterocycles. The Morgan fingerprint density at radius 3 is 1.68 bits per heavy atom. The van der Waals surface area contributed by atoms with Crippen LogP contribution in [-0.2, 0) is 0 Å². The third-order valence-corrected chi connectivity index (χ3v) is 11.8. The predicted octanol–water partition coefficient (Wildman–Crippen LogP) is 13.7. The average Bonchev–Trinajstić information content (AvgIpc) is 3.83. The van der Waals surface area contributed by atoms with Crippen molar-refractivity contribution in [3.05, 3.63) is 194 Å². The molecule has 0 saturated carbocycles. The van der Waals surface area contributed by atoms with Gasteiger partial charge >= 0.3 is 0 Å². The summed E-state index contributed by atoms with van der Waals surface area (Å²) in [6.45, 7) is 0. The largest absolute Gasteiger partial charge is 0.309 e. The molecule has 0 unspecified atom stereocenters. The highest BCUT2D eigenvalue weighted by molar-refractivity contribution is 7.25. The SMILES string of the molecule is c1ccc(-c2ccc(-c3cccc(-c4nc(-c5ccc6c7ccccc7n(-c7ccccc7)c6c5)nc(-c5cccc6sc7ccccc7c56)n4)c3)cc2)cc1. The molecule has 0 bridgehead atoms. The van der Waals surface area contributed by atoms with Gasteiger partial charge < -0.3 is 4.57 Å². The second kappa shape index (κ2) is 13.3. The molecule has 0 saturated heterocycles. The molecule has 11 aromatic rings. The molecule has 0 spiro atoms. The van der Waals surface area contributed by atoms with Crippen LogP contribution in [0.3, 0.4) is 0 Å². The van der Waals surface area contributed by atoms with Crippen molar-refractivity contribution in [2.45, 2.75) is 0 Å². The van der Waals surface area contributed by atoms with Crippen LogP contribution in [0.5, 0.6) is 0 Å². The third kappa shape index (κ3) is 5.48. The fourth-order valence-electron chi connectivity index (χ4n) is 8.00. The Bertz CT molecular complexity index is 3240. The van der Waals surface area contributed by atoms with Gasteiger partial charge in [-0.05, 0) is 64.7 Å². The van der Waals surface area contributed by atoms with Gasteiger partial charge in [-0.15, -0.1) is 11.3 Å². The fourth-order valence-corrected chi connectivity index (χ4v) is 9.14. The van der Waals surface area contributed by atoms with Crippen LogP contribution in [0.2, 0.25) is 0 Å². The van der Waals surface area contributed by atoms with Crippen LogP contribution in [0.25, 0.3) is 104 Å². The molecule has 0 amide bonds. The number of aromatic nitrogens is 4. The van der Waals surface area contributed by atoms with Gasteiger partial charge in [0, 0.05) is 53.3 Å². The van der Waals surface area contributed by atoms with Gasteiger partial charge in [0.1, 0.15) is 0 Å². The normalized spacial score (nSPS) is 11.6. The zero-order valence-corrected chi connectivity index (χ0v) is 31.0. The summed E-state index contributed by atoms with van der Waals surface area (Å²) in [5.74, 6) is 1.92. The van der Waals surface area contributed by atoms with Crippen LogP contribution in [0.4, 0.5) is 0 Å². The monoisotopic (exact) mass is 732 g/mol. The molecule has 11 rings (SSSR count). The van der Waals surface area contributed by atoms with Crippen molar-refractivity contribution >= 4 is 53.3 Å².